The molecule has 2 heterocycles. The highest BCUT2D eigenvalue weighted by molar-refractivity contribution is 6.33. The third-order valence-corrected chi connectivity index (χ3v) is 4.98. The van der Waals surface area contributed by atoms with Gasteiger partial charge in [-0.05, 0) is 25.0 Å². The third kappa shape index (κ3) is 3.82. The molecule has 0 aliphatic carbocycles. The van der Waals surface area contributed by atoms with Gasteiger partial charge < -0.3 is 11.1 Å². The first-order valence-corrected chi connectivity index (χ1v) is 9.60. The SMILES string of the molecule is CCC(CC)n1c(=O)ccc2c(-c3ccccc3Cl)nc(NCCN)nc21. The van der Waals surface area contributed by atoms with Crippen LogP contribution in [0.15, 0.2) is 41.2 Å². The summed E-state index contributed by atoms with van der Waals surface area (Å²) in [6, 6.07) is 11.0. The second-order valence-corrected chi connectivity index (χ2v) is 6.75. The van der Waals surface area contributed by atoms with E-state index >= 15 is 0 Å². The minimum atomic E-state index is -0.0650. The summed E-state index contributed by atoms with van der Waals surface area (Å²) in [5.41, 5.74) is 7.66. The van der Waals surface area contributed by atoms with Crippen molar-refractivity contribution in [2.75, 3.05) is 18.4 Å². The number of aromatic nitrogens is 3. The van der Waals surface area contributed by atoms with Gasteiger partial charge in [0.25, 0.3) is 5.56 Å². The molecule has 6 nitrogen and oxygen atoms in total. The standard InChI is InChI=1S/C20H24ClN5O/c1-3-13(4-2)26-17(27)10-9-15-18(14-7-5-6-8-16(14)21)24-20(23-12-11-22)25-19(15)26/h5-10,13H,3-4,11-12,22H2,1-2H3,(H,23,24,25). The van der Waals surface area contributed by atoms with E-state index in [1.165, 1.54) is 0 Å². The fraction of sp³-hybridized carbons (Fsp3) is 0.350. The first-order valence-electron chi connectivity index (χ1n) is 9.22. The lowest BCUT2D eigenvalue weighted by Gasteiger charge is -2.20. The number of anilines is 1. The zero-order valence-corrected chi connectivity index (χ0v) is 16.3. The largest absolute Gasteiger partial charge is 0.353 e. The molecule has 3 N–H and O–H groups in total. The summed E-state index contributed by atoms with van der Waals surface area (Å²) in [4.78, 5) is 22.0. The summed E-state index contributed by atoms with van der Waals surface area (Å²) >= 11 is 6.43. The van der Waals surface area contributed by atoms with Gasteiger partial charge in [0.1, 0.15) is 5.65 Å². The molecule has 0 bridgehead atoms. The maximum Gasteiger partial charge on any atom is 0.252 e. The van der Waals surface area contributed by atoms with Crippen LogP contribution in [0.4, 0.5) is 5.95 Å². The van der Waals surface area contributed by atoms with Crippen molar-refractivity contribution in [1.82, 2.24) is 14.5 Å². The van der Waals surface area contributed by atoms with Gasteiger partial charge in [-0.2, -0.15) is 4.98 Å². The number of fused-ring (bicyclic) bond motifs is 1. The Balaban J connectivity index is 2.36. The van der Waals surface area contributed by atoms with E-state index in [9.17, 15) is 4.79 Å². The first kappa shape index (κ1) is 19.3. The molecule has 7 heteroatoms. The smallest absolute Gasteiger partial charge is 0.252 e. The molecule has 0 atom stereocenters. The fourth-order valence-corrected chi connectivity index (χ4v) is 3.49. The molecule has 0 amide bonds. The number of nitrogens with one attached hydrogen (secondary N) is 1. The van der Waals surface area contributed by atoms with E-state index < -0.39 is 0 Å². The predicted molar refractivity (Wildman–Crippen MR) is 111 cm³/mol. The van der Waals surface area contributed by atoms with Crippen LogP contribution in [0.1, 0.15) is 32.7 Å². The average molecular weight is 386 g/mol. The Morgan fingerprint density at radius 2 is 1.89 bits per heavy atom. The Kier molecular flexibility index (Phi) is 6.08. The number of halogens is 1. The van der Waals surface area contributed by atoms with Crippen LogP contribution in [-0.2, 0) is 0 Å². The van der Waals surface area contributed by atoms with Crippen LogP contribution in [0.5, 0.6) is 0 Å². The normalized spacial score (nSPS) is 11.3. The van der Waals surface area contributed by atoms with E-state index in [0.717, 1.165) is 23.8 Å². The number of hydrogen-bond donors (Lipinski definition) is 2. The molecule has 3 rings (SSSR count). The third-order valence-electron chi connectivity index (χ3n) is 4.65. The van der Waals surface area contributed by atoms with Crippen molar-refractivity contribution in [2.45, 2.75) is 32.7 Å². The topological polar surface area (TPSA) is 85.8 Å². The van der Waals surface area contributed by atoms with Crippen LogP contribution in [0.25, 0.3) is 22.3 Å². The fourth-order valence-electron chi connectivity index (χ4n) is 3.26. The van der Waals surface area contributed by atoms with Crippen LogP contribution in [-0.4, -0.2) is 27.6 Å². The van der Waals surface area contributed by atoms with E-state index in [-0.39, 0.29) is 11.6 Å². The highest BCUT2D eigenvalue weighted by Crippen LogP contribution is 2.32. The number of nitrogens with two attached hydrogens (primary N) is 1. The second-order valence-electron chi connectivity index (χ2n) is 6.34. The summed E-state index contributed by atoms with van der Waals surface area (Å²) < 4.78 is 1.77. The second kappa shape index (κ2) is 8.50. The summed E-state index contributed by atoms with van der Waals surface area (Å²) in [5, 5.41) is 4.53. The molecule has 0 aliphatic heterocycles. The highest BCUT2D eigenvalue weighted by atomic mass is 35.5. The Hall–Kier alpha value is -2.44. The van der Waals surface area contributed by atoms with Crippen molar-refractivity contribution < 1.29 is 0 Å². The van der Waals surface area contributed by atoms with Crippen molar-refractivity contribution in [3.8, 4) is 11.3 Å². The summed E-state index contributed by atoms with van der Waals surface area (Å²) in [5.74, 6) is 0.438. The molecule has 2 aromatic heterocycles. The number of hydrogen-bond acceptors (Lipinski definition) is 5. The molecule has 27 heavy (non-hydrogen) atoms. The van der Waals surface area contributed by atoms with E-state index in [2.05, 4.69) is 29.1 Å². The predicted octanol–water partition coefficient (Wildman–Crippen LogP) is 3.84. The summed E-state index contributed by atoms with van der Waals surface area (Å²) in [6.07, 6.45) is 1.68. The van der Waals surface area contributed by atoms with Gasteiger partial charge in [0.15, 0.2) is 0 Å². The van der Waals surface area contributed by atoms with E-state index in [1.807, 2.05) is 24.3 Å². The van der Waals surface area contributed by atoms with Gasteiger partial charge in [0.2, 0.25) is 5.95 Å². The molecule has 3 aromatic rings. The van der Waals surface area contributed by atoms with Crippen molar-refractivity contribution in [3.05, 3.63) is 51.8 Å². The Bertz CT molecular complexity index is 997. The zero-order chi connectivity index (χ0) is 19.4. The number of rotatable bonds is 7. The zero-order valence-electron chi connectivity index (χ0n) is 15.6. The molecule has 0 unspecified atom stereocenters. The van der Waals surface area contributed by atoms with Crippen LogP contribution in [0.3, 0.4) is 0 Å². The number of nitrogens with zero attached hydrogens (tertiary/aromatic N) is 3. The minimum absolute atomic E-state index is 0.0650. The van der Waals surface area contributed by atoms with Crippen molar-refractivity contribution >= 4 is 28.6 Å². The van der Waals surface area contributed by atoms with Crippen molar-refractivity contribution in [2.24, 2.45) is 5.73 Å². The quantitative estimate of drug-likeness (QED) is 0.645. The lowest BCUT2D eigenvalue weighted by Crippen LogP contribution is -2.25. The van der Waals surface area contributed by atoms with Crippen LogP contribution < -0.4 is 16.6 Å². The Labute approximate surface area is 163 Å². The summed E-state index contributed by atoms with van der Waals surface area (Å²) in [7, 11) is 0. The first-order chi connectivity index (χ1) is 13.1. The molecule has 0 saturated carbocycles. The molecule has 0 spiro atoms. The Morgan fingerprint density at radius 3 is 2.56 bits per heavy atom. The molecular formula is C20H24ClN5O. The lowest BCUT2D eigenvalue weighted by atomic mass is 10.1. The molecular weight excluding hydrogens is 362 g/mol. The highest BCUT2D eigenvalue weighted by Gasteiger charge is 2.18. The van der Waals surface area contributed by atoms with Crippen LogP contribution >= 0.6 is 11.6 Å². The van der Waals surface area contributed by atoms with Gasteiger partial charge in [0.05, 0.1) is 5.69 Å². The van der Waals surface area contributed by atoms with Crippen LogP contribution in [0.2, 0.25) is 5.02 Å². The van der Waals surface area contributed by atoms with Gasteiger partial charge in [-0.15, -0.1) is 0 Å². The average Bonchev–Trinajstić information content (AvgIpc) is 2.68. The molecule has 0 aliphatic rings. The van der Waals surface area contributed by atoms with Gasteiger partial charge in [-0.3, -0.25) is 9.36 Å². The Morgan fingerprint density at radius 1 is 1.15 bits per heavy atom. The van der Waals surface area contributed by atoms with Crippen LogP contribution in [0, 0.1) is 0 Å². The van der Waals surface area contributed by atoms with Crippen molar-refractivity contribution in [3.63, 3.8) is 0 Å². The van der Waals surface area contributed by atoms with E-state index in [0.29, 0.717) is 35.4 Å². The molecule has 142 valence electrons. The minimum Gasteiger partial charge on any atom is -0.353 e. The molecule has 0 fully saturated rings. The molecule has 1 aromatic carbocycles. The molecule has 0 radical (unpaired) electrons. The lowest BCUT2D eigenvalue weighted by molar-refractivity contribution is 0.470. The van der Waals surface area contributed by atoms with Crippen molar-refractivity contribution in [1.29, 1.82) is 0 Å². The van der Waals surface area contributed by atoms with Gasteiger partial charge in [-0.1, -0.05) is 43.6 Å². The maximum absolute atomic E-state index is 12.7. The maximum atomic E-state index is 12.7. The van der Waals surface area contributed by atoms with Gasteiger partial charge in [0, 0.05) is 41.2 Å². The number of benzene rings is 1. The molecule has 0 saturated heterocycles. The monoisotopic (exact) mass is 385 g/mol. The van der Waals surface area contributed by atoms with Gasteiger partial charge >= 0.3 is 0 Å². The van der Waals surface area contributed by atoms with E-state index in [1.54, 1.807) is 16.7 Å². The number of pyridine rings is 1. The summed E-state index contributed by atoms with van der Waals surface area (Å²) in [6.45, 7) is 5.14. The van der Waals surface area contributed by atoms with Gasteiger partial charge in [-0.25, -0.2) is 4.98 Å². The van der Waals surface area contributed by atoms with E-state index in [4.69, 9.17) is 17.3 Å².